The Morgan fingerprint density at radius 2 is 2.21 bits per heavy atom. The summed E-state index contributed by atoms with van der Waals surface area (Å²) in [7, 11) is 1.72. The third kappa shape index (κ3) is 1.55. The molecule has 14 heavy (non-hydrogen) atoms. The molecule has 0 saturated heterocycles. The van der Waals surface area contributed by atoms with Crippen molar-refractivity contribution in [1.29, 1.82) is 0 Å². The average molecular weight is 271 g/mol. The maximum atomic E-state index is 5.34. The molecule has 1 heterocycles. The van der Waals surface area contributed by atoms with Crippen LogP contribution in [0, 0.1) is 6.92 Å². The van der Waals surface area contributed by atoms with E-state index in [9.17, 15) is 0 Å². The number of alkyl halides is 1. The van der Waals surface area contributed by atoms with Gasteiger partial charge in [-0.3, -0.25) is 0 Å². The van der Waals surface area contributed by atoms with Crippen molar-refractivity contribution >= 4 is 37.4 Å². The highest BCUT2D eigenvalue weighted by molar-refractivity contribution is 9.08. The molecule has 1 aromatic heterocycles. The maximum absolute atomic E-state index is 5.34. The normalized spacial score (nSPS) is 10.8. The van der Waals surface area contributed by atoms with E-state index in [2.05, 4.69) is 35.0 Å². The Kier molecular flexibility index (Phi) is 2.79. The molecular weight excluding hydrogens is 260 g/mol. The van der Waals surface area contributed by atoms with Gasteiger partial charge in [0.05, 0.1) is 11.8 Å². The van der Waals surface area contributed by atoms with Gasteiger partial charge in [-0.2, -0.15) is 0 Å². The standard InChI is InChI=1S/C11H11BrOS/c1-7-5-9-8(6-12)3-4-10(13-2)11(9)14-7/h3-5H,6H2,1-2H3. The van der Waals surface area contributed by atoms with Gasteiger partial charge in [0.2, 0.25) is 0 Å². The summed E-state index contributed by atoms with van der Waals surface area (Å²) < 4.78 is 6.59. The Morgan fingerprint density at radius 3 is 2.86 bits per heavy atom. The average Bonchev–Trinajstić information content (AvgIpc) is 2.57. The molecule has 0 amide bonds. The first-order valence-corrected chi connectivity index (χ1v) is 6.32. The van der Waals surface area contributed by atoms with Crippen molar-refractivity contribution < 1.29 is 4.74 Å². The molecule has 0 aliphatic carbocycles. The summed E-state index contributed by atoms with van der Waals surface area (Å²) in [6, 6.07) is 6.37. The number of halogens is 1. The number of thiophene rings is 1. The molecule has 0 aliphatic heterocycles. The number of aryl methyl sites for hydroxylation is 1. The first kappa shape index (κ1) is 9.99. The predicted octanol–water partition coefficient (Wildman–Crippen LogP) is 4.11. The lowest BCUT2D eigenvalue weighted by molar-refractivity contribution is 0.420. The monoisotopic (exact) mass is 270 g/mol. The van der Waals surface area contributed by atoms with E-state index in [4.69, 9.17) is 4.74 Å². The molecule has 74 valence electrons. The zero-order chi connectivity index (χ0) is 10.1. The minimum Gasteiger partial charge on any atom is -0.495 e. The largest absolute Gasteiger partial charge is 0.495 e. The fraction of sp³-hybridized carbons (Fsp3) is 0.273. The highest BCUT2D eigenvalue weighted by atomic mass is 79.9. The molecule has 0 fully saturated rings. The molecule has 0 bridgehead atoms. The van der Waals surface area contributed by atoms with E-state index < -0.39 is 0 Å². The van der Waals surface area contributed by atoms with E-state index in [0.29, 0.717) is 0 Å². The van der Waals surface area contributed by atoms with E-state index in [1.807, 2.05) is 6.07 Å². The van der Waals surface area contributed by atoms with Crippen LogP contribution in [0.4, 0.5) is 0 Å². The van der Waals surface area contributed by atoms with Crippen molar-refractivity contribution in [2.45, 2.75) is 12.3 Å². The molecule has 0 radical (unpaired) electrons. The van der Waals surface area contributed by atoms with Crippen LogP contribution in [0.2, 0.25) is 0 Å². The quantitative estimate of drug-likeness (QED) is 0.747. The lowest BCUT2D eigenvalue weighted by Gasteiger charge is -2.03. The van der Waals surface area contributed by atoms with Gasteiger partial charge >= 0.3 is 0 Å². The van der Waals surface area contributed by atoms with Gasteiger partial charge in [0.25, 0.3) is 0 Å². The molecule has 0 aliphatic rings. The zero-order valence-corrected chi connectivity index (χ0v) is 10.5. The van der Waals surface area contributed by atoms with Gasteiger partial charge < -0.3 is 4.74 Å². The minimum absolute atomic E-state index is 0.893. The molecule has 0 saturated carbocycles. The Hall–Kier alpha value is -0.540. The maximum Gasteiger partial charge on any atom is 0.136 e. The fourth-order valence-electron chi connectivity index (χ4n) is 1.55. The molecule has 3 heteroatoms. The molecule has 0 unspecified atom stereocenters. The SMILES string of the molecule is COc1ccc(CBr)c2cc(C)sc12. The van der Waals surface area contributed by atoms with E-state index in [-0.39, 0.29) is 0 Å². The number of benzene rings is 1. The van der Waals surface area contributed by atoms with Crippen molar-refractivity contribution in [3.05, 3.63) is 28.6 Å². The molecule has 1 aromatic carbocycles. The lowest BCUT2D eigenvalue weighted by Crippen LogP contribution is -1.84. The van der Waals surface area contributed by atoms with Gasteiger partial charge in [-0.15, -0.1) is 11.3 Å². The number of ether oxygens (including phenoxy) is 1. The van der Waals surface area contributed by atoms with E-state index in [1.165, 1.54) is 20.5 Å². The summed E-state index contributed by atoms with van der Waals surface area (Å²) in [5, 5.41) is 2.20. The van der Waals surface area contributed by atoms with Crippen molar-refractivity contribution in [3.8, 4) is 5.75 Å². The fourth-order valence-corrected chi connectivity index (χ4v) is 3.09. The van der Waals surface area contributed by atoms with Crippen LogP contribution in [-0.2, 0) is 5.33 Å². The van der Waals surface area contributed by atoms with Crippen molar-refractivity contribution in [2.75, 3.05) is 7.11 Å². The van der Waals surface area contributed by atoms with Gasteiger partial charge in [-0.05, 0) is 24.6 Å². The van der Waals surface area contributed by atoms with Gasteiger partial charge in [-0.25, -0.2) is 0 Å². The second-order valence-electron chi connectivity index (χ2n) is 3.16. The van der Waals surface area contributed by atoms with Gasteiger partial charge in [0.1, 0.15) is 5.75 Å². The molecular formula is C11H11BrOS. The third-order valence-corrected chi connectivity index (χ3v) is 3.89. The molecule has 2 rings (SSSR count). The van der Waals surface area contributed by atoms with Gasteiger partial charge in [0, 0.05) is 15.6 Å². The van der Waals surface area contributed by atoms with Crippen LogP contribution >= 0.6 is 27.3 Å². The summed E-state index contributed by atoms with van der Waals surface area (Å²) in [6.45, 7) is 2.13. The van der Waals surface area contributed by atoms with Gasteiger partial charge in [0.15, 0.2) is 0 Å². The lowest BCUT2D eigenvalue weighted by atomic mass is 10.1. The number of rotatable bonds is 2. The van der Waals surface area contributed by atoms with Gasteiger partial charge in [-0.1, -0.05) is 22.0 Å². The number of fused-ring (bicyclic) bond motifs is 1. The van der Waals surface area contributed by atoms with Crippen LogP contribution < -0.4 is 4.74 Å². The Balaban J connectivity index is 2.77. The van der Waals surface area contributed by atoms with E-state index in [0.717, 1.165) is 11.1 Å². The highest BCUT2D eigenvalue weighted by Gasteiger charge is 2.08. The Morgan fingerprint density at radius 1 is 1.43 bits per heavy atom. The van der Waals surface area contributed by atoms with Crippen LogP contribution in [-0.4, -0.2) is 7.11 Å². The number of hydrogen-bond donors (Lipinski definition) is 0. The summed E-state index contributed by atoms with van der Waals surface area (Å²) >= 11 is 5.29. The molecule has 0 atom stereocenters. The number of hydrogen-bond acceptors (Lipinski definition) is 2. The van der Waals surface area contributed by atoms with Crippen molar-refractivity contribution in [2.24, 2.45) is 0 Å². The predicted molar refractivity (Wildman–Crippen MR) is 65.7 cm³/mol. The highest BCUT2D eigenvalue weighted by Crippen LogP contribution is 2.36. The Labute approximate surface area is 95.8 Å². The van der Waals surface area contributed by atoms with Crippen molar-refractivity contribution in [1.82, 2.24) is 0 Å². The summed E-state index contributed by atoms with van der Waals surface area (Å²) in [4.78, 5) is 1.33. The first-order chi connectivity index (χ1) is 6.76. The third-order valence-electron chi connectivity index (χ3n) is 2.22. The Bertz CT molecular complexity index is 421. The van der Waals surface area contributed by atoms with Crippen LogP contribution in [0.15, 0.2) is 18.2 Å². The van der Waals surface area contributed by atoms with E-state index >= 15 is 0 Å². The second-order valence-corrected chi connectivity index (χ2v) is 4.98. The topological polar surface area (TPSA) is 9.23 Å². The van der Waals surface area contributed by atoms with Crippen LogP contribution in [0.25, 0.3) is 10.1 Å². The smallest absolute Gasteiger partial charge is 0.136 e. The molecule has 0 N–H and O–H groups in total. The van der Waals surface area contributed by atoms with Crippen LogP contribution in [0.3, 0.4) is 0 Å². The first-order valence-electron chi connectivity index (χ1n) is 4.38. The second kappa shape index (κ2) is 3.91. The minimum atomic E-state index is 0.893. The molecule has 1 nitrogen and oxygen atoms in total. The number of methoxy groups -OCH3 is 1. The van der Waals surface area contributed by atoms with Crippen LogP contribution in [0.1, 0.15) is 10.4 Å². The summed E-state index contributed by atoms with van der Waals surface area (Å²) in [5.74, 6) is 0.975. The van der Waals surface area contributed by atoms with Crippen LogP contribution in [0.5, 0.6) is 5.75 Å². The zero-order valence-electron chi connectivity index (χ0n) is 8.13. The molecule has 2 aromatic rings. The van der Waals surface area contributed by atoms with Crippen molar-refractivity contribution in [3.63, 3.8) is 0 Å². The van der Waals surface area contributed by atoms with E-state index in [1.54, 1.807) is 18.4 Å². The summed E-state index contributed by atoms with van der Waals surface area (Å²) in [5.41, 5.74) is 1.32. The summed E-state index contributed by atoms with van der Waals surface area (Å²) in [6.07, 6.45) is 0. The molecule has 0 spiro atoms.